The van der Waals surface area contributed by atoms with E-state index < -0.39 is 27.6 Å². The molecule has 7 nitrogen and oxygen atoms in total. The average molecular weight is 475 g/mol. The molecule has 1 unspecified atom stereocenters. The van der Waals surface area contributed by atoms with Crippen molar-refractivity contribution in [3.63, 3.8) is 0 Å². The van der Waals surface area contributed by atoms with Crippen LogP contribution in [0.3, 0.4) is 0 Å². The van der Waals surface area contributed by atoms with Crippen LogP contribution in [0.2, 0.25) is 0 Å². The molecular formula is C24H27FN2O5S. The van der Waals surface area contributed by atoms with Crippen LogP contribution in [0, 0.1) is 5.82 Å². The van der Waals surface area contributed by atoms with Gasteiger partial charge in [0.1, 0.15) is 17.2 Å². The average Bonchev–Trinajstić information content (AvgIpc) is 2.77. The van der Waals surface area contributed by atoms with Crippen molar-refractivity contribution >= 4 is 15.7 Å². The highest BCUT2D eigenvalue weighted by molar-refractivity contribution is 7.92. The van der Waals surface area contributed by atoms with E-state index in [9.17, 15) is 13.5 Å². The highest BCUT2D eigenvalue weighted by Gasteiger charge is 2.34. The maximum absolute atomic E-state index is 15.6. The summed E-state index contributed by atoms with van der Waals surface area (Å²) in [6, 6.07) is 16.8. The number of benzene rings is 3. The zero-order chi connectivity index (χ0) is 24.4. The van der Waals surface area contributed by atoms with Gasteiger partial charge in [0.15, 0.2) is 5.82 Å². The van der Waals surface area contributed by atoms with E-state index in [1.165, 1.54) is 39.3 Å². The Kier molecular flexibility index (Phi) is 6.97. The van der Waals surface area contributed by atoms with Crippen LogP contribution in [-0.2, 0) is 15.7 Å². The number of halogens is 1. The van der Waals surface area contributed by atoms with Gasteiger partial charge in [-0.25, -0.2) is 12.8 Å². The Morgan fingerprint density at radius 1 is 0.939 bits per heavy atom. The molecule has 0 amide bonds. The van der Waals surface area contributed by atoms with Crippen LogP contribution in [0.1, 0.15) is 29.7 Å². The normalized spacial score (nSPS) is 13.5. The summed E-state index contributed by atoms with van der Waals surface area (Å²) in [5, 5.41) is 10.2. The summed E-state index contributed by atoms with van der Waals surface area (Å²) in [7, 11) is -0.969. The number of aliphatic hydroxyl groups is 1. The third-order valence-electron chi connectivity index (χ3n) is 5.22. The molecule has 0 fully saturated rings. The van der Waals surface area contributed by atoms with Crippen molar-refractivity contribution in [3.05, 3.63) is 89.2 Å². The minimum Gasteiger partial charge on any atom is -0.497 e. The lowest BCUT2D eigenvalue weighted by atomic mass is 9.97. The number of rotatable bonds is 8. The van der Waals surface area contributed by atoms with Gasteiger partial charge in [0.05, 0.1) is 32.2 Å². The second-order valence-corrected chi connectivity index (χ2v) is 9.65. The van der Waals surface area contributed by atoms with E-state index >= 15 is 4.39 Å². The van der Waals surface area contributed by atoms with Gasteiger partial charge in [0, 0.05) is 5.56 Å². The number of nitrogens with zero attached hydrogens (tertiary/aromatic N) is 1. The standard InChI is InChI=1S/C24H27FN2O5S/c1-24(26,28)20-6-5-7-21(22(20)25)27(33(4,29)30)23(16-8-12-18(31-2)13-9-16)17-10-14-19(32-3)15-11-17/h5-15,23,28H,26H2,1-4H3. The Hall–Kier alpha value is -3.14. The first-order valence-corrected chi connectivity index (χ1v) is 11.9. The number of hydrogen-bond donors (Lipinski definition) is 2. The second kappa shape index (κ2) is 9.38. The first-order chi connectivity index (χ1) is 15.5. The van der Waals surface area contributed by atoms with Gasteiger partial charge < -0.3 is 14.6 Å². The largest absolute Gasteiger partial charge is 0.497 e. The van der Waals surface area contributed by atoms with Crippen molar-refractivity contribution in [2.45, 2.75) is 18.7 Å². The van der Waals surface area contributed by atoms with Crippen molar-refractivity contribution in [3.8, 4) is 11.5 Å². The van der Waals surface area contributed by atoms with Crippen LogP contribution in [-0.4, -0.2) is 34.0 Å². The molecule has 0 aliphatic carbocycles. The summed E-state index contributed by atoms with van der Waals surface area (Å²) in [5.74, 6) is 0.249. The maximum atomic E-state index is 15.6. The van der Waals surface area contributed by atoms with Crippen LogP contribution < -0.4 is 19.5 Å². The van der Waals surface area contributed by atoms with Crippen LogP contribution >= 0.6 is 0 Å². The van der Waals surface area contributed by atoms with E-state index in [1.54, 1.807) is 48.5 Å². The molecule has 0 aromatic heterocycles. The molecule has 3 aromatic carbocycles. The Balaban J connectivity index is 2.30. The summed E-state index contributed by atoms with van der Waals surface area (Å²) in [6.45, 7) is 1.23. The molecule has 33 heavy (non-hydrogen) atoms. The summed E-state index contributed by atoms with van der Waals surface area (Å²) in [4.78, 5) is 0. The van der Waals surface area contributed by atoms with E-state index in [2.05, 4.69) is 0 Å². The monoisotopic (exact) mass is 474 g/mol. The third kappa shape index (κ3) is 5.27. The van der Waals surface area contributed by atoms with Gasteiger partial charge in [0.25, 0.3) is 0 Å². The molecule has 0 radical (unpaired) electrons. The highest BCUT2D eigenvalue weighted by Crippen LogP contribution is 2.39. The topological polar surface area (TPSA) is 102 Å². The molecule has 9 heteroatoms. The van der Waals surface area contributed by atoms with E-state index in [0.717, 1.165) is 10.6 Å². The predicted octanol–water partition coefficient (Wildman–Crippen LogP) is 3.52. The van der Waals surface area contributed by atoms with Crippen molar-refractivity contribution < 1.29 is 27.4 Å². The molecule has 3 aromatic rings. The zero-order valence-corrected chi connectivity index (χ0v) is 19.6. The summed E-state index contributed by atoms with van der Waals surface area (Å²) in [6.07, 6.45) is 1.000. The van der Waals surface area contributed by atoms with Gasteiger partial charge in [-0.05, 0) is 48.4 Å². The van der Waals surface area contributed by atoms with E-state index in [4.69, 9.17) is 15.2 Å². The molecular weight excluding hydrogens is 447 g/mol. The fourth-order valence-corrected chi connectivity index (χ4v) is 4.75. The van der Waals surface area contributed by atoms with Crippen LogP contribution in [0.5, 0.6) is 11.5 Å². The van der Waals surface area contributed by atoms with Gasteiger partial charge in [-0.15, -0.1) is 0 Å². The molecule has 0 saturated heterocycles. The van der Waals surface area contributed by atoms with E-state index in [1.807, 2.05) is 0 Å². The Labute approximate surface area is 193 Å². The molecule has 0 aliphatic heterocycles. The molecule has 3 N–H and O–H groups in total. The van der Waals surface area contributed by atoms with Crippen molar-refractivity contribution in [2.75, 3.05) is 24.8 Å². The number of methoxy groups -OCH3 is 2. The molecule has 176 valence electrons. The fraction of sp³-hybridized carbons (Fsp3) is 0.250. The Morgan fingerprint density at radius 2 is 1.39 bits per heavy atom. The van der Waals surface area contributed by atoms with Gasteiger partial charge in [0.2, 0.25) is 10.0 Å². The van der Waals surface area contributed by atoms with Crippen molar-refractivity contribution in [1.82, 2.24) is 0 Å². The third-order valence-corrected chi connectivity index (χ3v) is 6.34. The summed E-state index contributed by atoms with van der Waals surface area (Å²) >= 11 is 0. The predicted molar refractivity (Wildman–Crippen MR) is 125 cm³/mol. The minimum atomic E-state index is -4.02. The van der Waals surface area contributed by atoms with Gasteiger partial charge in [-0.3, -0.25) is 10.0 Å². The van der Waals surface area contributed by atoms with Crippen LogP contribution in [0.4, 0.5) is 10.1 Å². The fourth-order valence-electron chi connectivity index (χ4n) is 3.63. The molecule has 0 heterocycles. The van der Waals surface area contributed by atoms with Gasteiger partial charge >= 0.3 is 0 Å². The molecule has 0 aliphatic rings. The molecule has 3 rings (SSSR count). The highest BCUT2D eigenvalue weighted by atomic mass is 32.2. The minimum absolute atomic E-state index is 0.225. The quantitative estimate of drug-likeness (QED) is 0.485. The molecule has 0 spiro atoms. The summed E-state index contributed by atoms with van der Waals surface area (Å²) < 4.78 is 53.2. The number of sulfonamides is 1. The van der Waals surface area contributed by atoms with E-state index in [0.29, 0.717) is 22.6 Å². The van der Waals surface area contributed by atoms with Crippen molar-refractivity contribution in [1.29, 1.82) is 0 Å². The van der Waals surface area contributed by atoms with Crippen molar-refractivity contribution in [2.24, 2.45) is 5.73 Å². The number of hydrogen-bond acceptors (Lipinski definition) is 6. The molecule has 1 atom stereocenters. The lowest BCUT2D eigenvalue weighted by Gasteiger charge is -2.34. The Morgan fingerprint density at radius 3 is 1.76 bits per heavy atom. The number of nitrogens with two attached hydrogens (primary N) is 1. The number of ether oxygens (including phenoxy) is 2. The summed E-state index contributed by atoms with van der Waals surface area (Å²) in [5.41, 5.74) is 4.41. The molecule has 0 saturated carbocycles. The van der Waals surface area contributed by atoms with Crippen LogP contribution in [0.15, 0.2) is 66.7 Å². The number of anilines is 1. The van der Waals surface area contributed by atoms with Gasteiger partial charge in [-0.1, -0.05) is 36.4 Å². The maximum Gasteiger partial charge on any atom is 0.233 e. The SMILES string of the molecule is COc1ccc(C(c2ccc(OC)cc2)N(c2cccc(C(C)(N)O)c2F)S(C)(=O)=O)cc1. The van der Waals surface area contributed by atoms with E-state index in [-0.39, 0.29) is 11.3 Å². The first-order valence-electron chi connectivity index (χ1n) is 10.0. The van der Waals surface area contributed by atoms with Crippen LogP contribution in [0.25, 0.3) is 0 Å². The smallest absolute Gasteiger partial charge is 0.233 e. The van der Waals surface area contributed by atoms with Gasteiger partial charge in [-0.2, -0.15) is 0 Å². The Bertz CT molecular complexity index is 1160. The lowest BCUT2D eigenvalue weighted by molar-refractivity contribution is 0.0609. The second-order valence-electron chi connectivity index (χ2n) is 7.79. The molecule has 0 bridgehead atoms. The zero-order valence-electron chi connectivity index (χ0n) is 18.8. The lowest BCUT2D eigenvalue weighted by Crippen LogP contribution is -2.37. The first kappa shape index (κ1) is 24.5.